The molecule has 4 nitrogen and oxygen atoms in total. The average Bonchev–Trinajstić information content (AvgIpc) is 2.43. The lowest BCUT2D eigenvalue weighted by Crippen LogP contribution is -2.11. The van der Waals surface area contributed by atoms with Crippen LogP contribution in [0, 0.1) is 6.92 Å². The van der Waals surface area contributed by atoms with Crippen molar-refractivity contribution < 1.29 is 9.53 Å². The Labute approximate surface area is 126 Å². The first kappa shape index (κ1) is 14.8. The number of halogens is 1. The highest BCUT2D eigenvalue weighted by molar-refractivity contribution is 9.10. The fraction of sp³-hybridized carbons (Fsp3) is 0.333. The van der Waals surface area contributed by atoms with Crippen molar-refractivity contribution >= 4 is 38.5 Å². The van der Waals surface area contributed by atoms with Crippen LogP contribution in [0.25, 0.3) is 10.9 Å². The van der Waals surface area contributed by atoms with Gasteiger partial charge in [-0.05, 0) is 48.3 Å². The van der Waals surface area contributed by atoms with Gasteiger partial charge in [-0.15, -0.1) is 0 Å². The molecule has 0 amide bonds. The van der Waals surface area contributed by atoms with Crippen LogP contribution in [0.2, 0.25) is 0 Å². The van der Waals surface area contributed by atoms with Crippen LogP contribution in [0.3, 0.4) is 0 Å². The molecule has 0 aliphatic carbocycles. The SMILES string of the molecule is CCNc1c(C(=O)OCC)cnc2c(Br)ccc(C)c12. The Morgan fingerprint density at radius 3 is 2.80 bits per heavy atom. The first-order valence-electron chi connectivity index (χ1n) is 6.58. The van der Waals surface area contributed by atoms with Gasteiger partial charge in [0.2, 0.25) is 0 Å². The number of fused-ring (bicyclic) bond motifs is 1. The number of benzene rings is 1. The van der Waals surface area contributed by atoms with E-state index in [-0.39, 0.29) is 5.97 Å². The smallest absolute Gasteiger partial charge is 0.341 e. The van der Waals surface area contributed by atoms with Crippen LogP contribution in [0.5, 0.6) is 0 Å². The van der Waals surface area contributed by atoms with E-state index in [1.165, 1.54) is 0 Å². The number of esters is 1. The highest BCUT2D eigenvalue weighted by Gasteiger charge is 2.18. The molecule has 0 spiro atoms. The number of ether oxygens (including phenoxy) is 1. The molecular weight excluding hydrogens is 320 g/mol. The molecule has 0 fully saturated rings. The number of carbonyl (C=O) groups is 1. The highest BCUT2D eigenvalue weighted by Crippen LogP contribution is 2.33. The fourth-order valence-electron chi connectivity index (χ4n) is 2.16. The lowest BCUT2D eigenvalue weighted by molar-refractivity contribution is 0.0527. The zero-order valence-electron chi connectivity index (χ0n) is 11.8. The van der Waals surface area contributed by atoms with Gasteiger partial charge in [0.25, 0.3) is 0 Å². The fourth-order valence-corrected chi connectivity index (χ4v) is 2.59. The Balaban J connectivity index is 2.74. The standard InChI is InChI=1S/C15H17BrN2O2/c1-4-17-13-10(15(19)20-5-2)8-18-14-11(16)7-6-9(3)12(13)14/h6-8H,4-5H2,1-3H3,(H,17,18). The molecule has 0 saturated carbocycles. The van der Waals surface area contributed by atoms with Crippen LogP contribution in [0.1, 0.15) is 29.8 Å². The molecule has 0 aliphatic heterocycles. The molecular formula is C15H17BrN2O2. The van der Waals surface area contributed by atoms with Crippen molar-refractivity contribution in [2.24, 2.45) is 0 Å². The van der Waals surface area contributed by atoms with Gasteiger partial charge in [0, 0.05) is 22.6 Å². The van der Waals surface area contributed by atoms with Gasteiger partial charge in [0.05, 0.1) is 17.8 Å². The van der Waals surface area contributed by atoms with E-state index < -0.39 is 0 Å². The summed E-state index contributed by atoms with van der Waals surface area (Å²) in [5.74, 6) is -0.350. The Kier molecular flexibility index (Phi) is 4.60. The molecule has 0 radical (unpaired) electrons. The first-order chi connectivity index (χ1) is 9.60. The summed E-state index contributed by atoms with van der Waals surface area (Å²) in [6, 6.07) is 3.97. The minimum Gasteiger partial charge on any atom is -0.462 e. The lowest BCUT2D eigenvalue weighted by Gasteiger charge is -2.15. The van der Waals surface area contributed by atoms with Crippen LogP contribution in [-0.4, -0.2) is 24.1 Å². The third-order valence-corrected chi connectivity index (χ3v) is 3.67. The summed E-state index contributed by atoms with van der Waals surface area (Å²) in [5, 5.41) is 4.22. The van der Waals surface area contributed by atoms with Gasteiger partial charge < -0.3 is 10.1 Å². The maximum Gasteiger partial charge on any atom is 0.341 e. The molecule has 20 heavy (non-hydrogen) atoms. The van der Waals surface area contributed by atoms with E-state index in [0.717, 1.165) is 33.2 Å². The lowest BCUT2D eigenvalue weighted by atomic mass is 10.0. The van der Waals surface area contributed by atoms with Gasteiger partial charge in [-0.2, -0.15) is 0 Å². The molecule has 0 saturated heterocycles. The molecule has 1 heterocycles. The van der Waals surface area contributed by atoms with E-state index >= 15 is 0 Å². The molecule has 2 aromatic rings. The summed E-state index contributed by atoms with van der Waals surface area (Å²) in [6.45, 7) is 6.86. The number of aryl methyl sites for hydroxylation is 1. The average molecular weight is 337 g/mol. The normalized spacial score (nSPS) is 10.6. The summed E-state index contributed by atoms with van der Waals surface area (Å²) >= 11 is 3.50. The molecule has 5 heteroatoms. The van der Waals surface area contributed by atoms with Gasteiger partial charge in [0.15, 0.2) is 0 Å². The number of nitrogens with one attached hydrogen (secondary N) is 1. The quantitative estimate of drug-likeness (QED) is 0.860. The number of carbonyl (C=O) groups excluding carboxylic acids is 1. The molecule has 0 atom stereocenters. The second-order valence-electron chi connectivity index (χ2n) is 4.39. The van der Waals surface area contributed by atoms with E-state index in [1.807, 2.05) is 26.0 Å². The topological polar surface area (TPSA) is 51.2 Å². The Bertz CT molecular complexity index is 656. The minimum absolute atomic E-state index is 0.347. The predicted octanol–water partition coefficient (Wildman–Crippen LogP) is 3.91. The number of hydrogen-bond acceptors (Lipinski definition) is 4. The maximum atomic E-state index is 12.1. The highest BCUT2D eigenvalue weighted by atomic mass is 79.9. The molecule has 1 aromatic carbocycles. The van der Waals surface area contributed by atoms with E-state index in [2.05, 4.69) is 26.2 Å². The zero-order valence-corrected chi connectivity index (χ0v) is 13.4. The second kappa shape index (κ2) is 6.22. The van der Waals surface area contributed by atoms with Crippen molar-refractivity contribution in [2.45, 2.75) is 20.8 Å². The van der Waals surface area contributed by atoms with Crippen LogP contribution in [0.15, 0.2) is 22.8 Å². The van der Waals surface area contributed by atoms with Gasteiger partial charge in [-0.1, -0.05) is 6.07 Å². The van der Waals surface area contributed by atoms with Crippen molar-refractivity contribution in [1.29, 1.82) is 0 Å². The van der Waals surface area contributed by atoms with Gasteiger partial charge in [0.1, 0.15) is 5.56 Å². The molecule has 0 bridgehead atoms. The maximum absolute atomic E-state index is 12.1. The molecule has 1 N–H and O–H groups in total. The van der Waals surface area contributed by atoms with Crippen molar-refractivity contribution in [3.63, 3.8) is 0 Å². The second-order valence-corrected chi connectivity index (χ2v) is 5.24. The number of pyridine rings is 1. The van der Waals surface area contributed by atoms with E-state index in [9.17, 15) is 4.79 Å². The van der Waals surface area contributed by atoms with Crippen molar-refractivity contribution in [3.8, 4) is 0 Å². The van der Waals surface area contributed by atoms with Crippen LogP contribution in [0.4, 0.5) is 5.69 Å². The zero-order chi connectivity index (χ0) is 14.7. The van der Waals surface area contributed by atoms with E-state index in [0.29, 0.717) is 12.2 Å². The minimum atomic E-state index is -0.350. The van der Waals surface area contributed by atoms with Gasteiger partial charge in [-0.25, -0.2) is 4.79 Å². The third kappa shape index (κ3) is 2.63. The van der Waals surface area contributed by atoms with Crippen LogP contribution >= 0.6 is 15.9 Å². The Morgan fingerprint density at radius 1 is 1.40 bits per heavy atom. The summed E-state index contributed by atoms with van der Waals surface area (Å²) in [6.07, 6.45) is 1.57. The van der Waals surface area contributed by atoms with Gasteiger partial charge in [-0.3, -0.25) is 4.98 Å². The number of hydrogen-bond donors (Lipinski definition) is 1. The predicted molar refractivity (Wildman–Crippen MR) is 84.3 cm³/mol. The van der Waals surface area contributed by atoms with Crippen molar-refractivity contribution in [3.05, 3.63) is 33.9 Å². The number of aromatic nitrogens is 1. The molecule has 0 unspecified atom stereocenters. The van der Waals surface area contributed by atoms with Crippen molar-refractivity contribution in [2.75, 3.05) is 18.5 Å². The number of nitrogens with zero attached hydrogens (tertiary/aromatic N) is 1. The number of rotatable bonds is 4. The molecule has 106 valence electrons. The Hall–Kier alpha value is -1.62. The van der Waals surface area contributed by atoms with Gasteiger partial charge >= 0.3 is 5.97 Å². The first-order valence-corrected chi connectivity index (χ1v) is 7.38. The van der Waals surface area contributed by atoms with E-state index in [1.54, 1.807) is 13.1 Å². The van der Waals surface area contributed by atoms with E-state index in [4.69, 9.17) is 4.74 Å². The van der Waals surface area contributed by atoms with Crippen molar-refractivity contribution in [1.82, 2.24) is 4.98 Å². The molecule has 0 aliphatic rings. The number of anilines is 1. The molecule has 2 rings (SSSR count). The summed E-state index contributed by atoms with van der Waals surface area (Å²) in [5.41, 5.74) is 3.17. The monoisotopic (exact) mass is 336 g/mol. The van der Waals surface area contributed by atoms with Crippen LogP contribution < -0.4 is 5.32 Å². The summed E-state index contributed by atoms with van der Waals surface area (Å²) < 4.78 is 6.01. The van der Waals surface area contributed by atoms with Crippen LogP contribution in [-0.2, 0) is 4.74 Å². The largest absolute Gasteiger partial charge is 0.462 e. The Morgan fingerprint density at radius 2 is 2.15 bits per heavy atom. The third-order valence-electron chi connectivity index (χ3n) is 3.03. The summed E-state index contributed by atoms with van der Waals surface area (Å²) in [4.78, 5) is 16.5. The molecule has 1 aromatic heterocycles. The summed E-state index contributed by atoms with van der Waals surface area (Å²) in [7, 11) is 0.